The molecular weight excluding hydrogens is 297 g/mol. The summed E-state index contributed by atoms with van der Waals surface area (Å²) in [5, 5.41) is 5.37. The second-order valence-corrected chi connectivity index (χ2v) is 5.06. The minimum Gasteiger partial charge on any atom is -0.369 e. The van der Waals surface area contributed by atoms with Gasteiger partial charge in [-0.1, -0.05) is 30.3 Å². The second kappa shape index (κ2) is 7.93. The van der Waals surface area contributed by atoms with Gasteiger partial charge in [0.1, 0.15) is 5.82 Å². The number of amides is 3. The molecule has 0 saturated heterocycles. The Bertz CT molecular complexity index is 704. The van der Waals surface area contributed by atoms with Crippen molar-refractivity contribution in [1.82, 2.24) is 5.32 Å². The lowest BCUT2D eigenvalue weighted by Gasteiger charge is -2.11. The number of benzene rings is 2. The average Bonchev–Trinajstić information content (AvgIpc) is 2.49. The van der Waals surface area contributed by atoms with Crippen LogP contribution in [0.25, 0.3) is 0 Å². The Morgan fingerprint density at radius 1 is 1.09 bits per heavy atom. The number of carbonyl (C=O) groups excluding carboxylic acids is 2. The Balaban J connectivity index is 1.86. The first-order valence-electron chi connectivity index (χ1n) is 7.20. The van der Waals surface area contributed by atoms with E-state index in [1.54, 1.807) is 36.4 Å². The highest BCUT2D eigenvalue weighted by Crippen LogP contribution is 2.15. The number of para-hydroxylation sites is 1. The summed E-state index contributed by atoms with van der Waals surface area (Å²) in [6, 6.07) is 12.8. The van der Waals surface area contributed by atoms with E-state index in [9.17, 15) is 14.0 Å². The summed E-state index contributed by atoms with van der Waals surface area (Å²) in [5.74, 6) is -0.766. The number of hydrogen-bond donors (Lipinski definition) is 3. The van der Waals surface area contributed by atoms with Crippen LogP contribution < -0.4 is 16.4 Å². The third kappa shape index (κ3) is 5.43. The molecule has 0 fully saturated rings. The highest BCUT2D eigenvalue weighted by molar-refractivity contribution is 5.91. The van der Waals surface area contributed by atoms with Gasteiger partial charge in [-0.15, -0.1) is 0 Å². The first-order valence-corrected chi connectivity index (χ1v) is 7.20. The maximum Gasteiger partial charge on any atom is 0.319 e. The monoisotopic (exact) mass is 315 g/mol. The Labute approximate surface area is 133 Å². The van der Waals surface area contributed by atoms with E-state index in [4.69, 9.17) is 5.73 Å². The molecule has 0 spiro atoms. The molecular formula is C17H18FN3O2. The molecule has 0 aliphatic carbocycles. The van der Waals surface area contributed by atoms with Crippen molar-refractivity contribution in [3.8, 4) is 0 Å². The van der Waals surface area contributed by atoms with E-state index in [2.05, 4.69) is 10.6 Å². The molecule has 0 saturated carbocycles. The Hall–Kier alpha value is -2.89. The van der Waals surface area contributed by atoms with E-state index < -0.39 is 11.9 Å². The van der Waals surface area contributed by atoms with Gasteiger partial charge in [0.25, 0.3) is 0 Å². The number of nitrogens with one attached hydrogen (secondary N) is 2. The van der Waals surface area contributed by atoms with E-state index >= 15 is 0 Å². The molecule has 0 aliphatic rings. The molecule has 0 bridgehead atoms. The van der Waals surface area contributed by atoms with Crippen molar-refractivity contribution in [1.29, 1.82) is 0 Å². The summed E-state index contributed by atoms with van der Waals surface area (Å²) < 4.78 is 13.1. The highest BCUT2D eigenvalue weighted by Gasteiger charge is 2.08. The lowest BCUT2D eigenvalue weighted by Crippen LogP contribution is -2.31. The zero-order valence-electron chi connectivity index (χ0n) is 12.5. The lowest BCUT2D eigenvalue weighted by atomic mass is 10.1. The van der Waals surface area contributed by atoms with Gasteiger partial charge in [-0.25, -0.2) is 9.18 Å². The number of halogens is 1. The summed E-state index contributed by atoms with van der Waals surface area (Å²) >= 11 is 0. The minimum absolute atomic E-state index is 0.0553. The number of rotatable bonds is 6. The van der Waals surface area contributed by atoms with Crippen molar-refractivity contribution in [2.75, 3.05) is 11.9 Å². The van der Waals surface area contributed by atoms with Crippen LogP contribution in [0.1, 0.15) is 11.1 Å². The number of carbonyl (C=O) groups is 2. The zero-order valence-corrected chi connectivity index (χ0v) is 12.5. The summed E-state index contributed by atoms with van der Waals surface area (Å²) in [7, 11) is 0. The summed E-state index contributed by atoms with van der Waals surface area (Å²) in [6.45, 7) is 0.368. The predicted octanol–water partition coefficient (Wildman–Crippen LogP) is 2.22. The average molecular weight is 315 g/mol. The molecule has 0 radical (unpaired) electrons. The van der Waals surface area contributed by atoms with E-state index in [0.29, 0.717) is 24.2 Å². The van der Waals surface area contributed by atoms with Gasteiger partial charge in [-0.3, -0.25) is 4.79 Å². The van der Waals surface area contributed by atoms with Gasteiger partial charge in [-0.2, -0.15) is 0 Å². The van der Waals surface area contributed by atoms with Gasteiger partial charge in [0.2, 0.25) is 5.91 Å². The molecule has 6 heteroatoms. The maximum atomic E-state index is 13.1. The molecule has 0 atom stereocenters. The van der Waals surface area contributed by atoms with Gasteiger partial charge < -0.3 is 16.4 Å². The molecule has 23 heavy (non-hydrogen) atoms. The van der Waals surface area contributed by atoms with Crippen LogP contribution in [0.5, 0.6) is 0 Å². The van der Waals surface area contributed by atoms with Gasteiger partial charge >= 0.3 is 6.03 Å². The normalized spacial score (nSPS) is 10.1. The fourth-order valence-corrected chi connectivity index (χ4v) is 2.16. The predicted molar refractivity (Wildman–Crippen MR) is 86.5 cm³/mol. The molecule has 4 N–H and O–H groups in total. The van der Waals surface area contributed by atoms with Crippen LogP contribution in [0.2, 0.25) is 0 Å². The molecule has 0 aromatic heterocycles. The van der Waals surface area contributed by atoms with Gasteiger partial charge in [0, 0.05) is 12.2 Å². The van der Waals surface area contributed by atoms with Gasteiger partial charge in [0.05, 0.1) is 6.42 Å². The minimum atomic E-state index is -0.467. The van der Waals surface area contributed by atoms with E-state index in [-0.39, 0.29) is 12.2 Å². The van der Waals surface area contributed by atoms with Crippen molar-refractivity contribution in [2.45, 2.75) is 12.8 Å². The van der Waals surface area contributed by atoms with Crippen LogP contribution in [-0.2, 0) is 17.6 Å². The molecule has 0 unspecified atom stereocenters. The van der Waals surface area contributed by atoms with Gasteiger partial charge in [0.15, 0.2) is 0 Å². The maximum absolute atomic E-state index is 13.1. The summed E-state index contributed by atoms with van der Waals surface area (Å²) in [5.41, 5.74) is 7.18. The topological polar surface area (TPSA) is 84.2 Å². The number of nitrogens with two attached hydrogens (primary N) is 1. The first kappa shape index (κ1) is 16.5. The van der Waals surface area contributed by atoms with Crippen molar-refractivity contribution in [2.24, 2.45) is 5.73 Å². The standard InChI is InChI=1S/C17H18FN3O2/c18-14-6-3-4-12(10-14)8-9-20-17(23)21-15-7-2-1-5-13(15)11-16(19)22/h1-7,10H,8-9,11H2,(H2,19,22)(H2,20,21,23). The highest BCUT2D eigenvalue weighted by atomic mass is 19.1. The van der Waals surface area contributed by atoms with E-state index in [0.717, 1.165) is 5.56 Å². The summed E-state index contributed by atoms with van der Waals surface area (Å²) in [4.78, 5) is 22.9. The van der Waals surface area contributed by atoms with Crippen molar-refractivity contribution in [3.05, 3.63) is 65.5 Å². The van der Waals surface area contributed by atoms with Crippen molar-refractivity contribution >= 4 is 17.6 Å². The van der Waals surface area contributed by atoms with E-state index in [1.165, 1.54) is 12.1 Å². The molecule has 2 aromatic rings. The fourth-order valence-electron chi connectivity index (χ4n) is 2.16. The van der Waals surface area contributed by atoms with Crippen LogP contribution in [0, 0.1) is 5.82 Å². The third-order valence-corrected chi connectivity index (χ3v) is 3.22. The summed E-state index contributed by atoms with van der Waals surface area (Å²) in [6.07, 6.45) is 0.577. The molecule has 3 amide bonds. The molecule has 0 aliphatic heterocycles. The Kier molecular flexibility index (Phi) is 5.68. The van der Waals surface area contributed by atoms with Crippen LogP contribution in [-0.4, -0.2) is 18.5 Å². The third-order valence-electron chi connectivity index (χ3n) is 3.22. The van der Waals surface area contributed by atoms with Crippen LogP contribution in [0.4, 0.5) is 14.9 Å². The van der Waals surface area contributed by atoms with Crippen molar-refractivity contribution in [3.63, 3.8) is 0 Å². The largest absolute Gasteiger partial charge is 0.369 e. The number of primary amides is 1. The molecule has 0 heterocycles. The quantitative estimate of drug-likeness (QED) is 0.763. The first-order chi connectivity index (χ1) is 11.0. The second-order valence-electron chi connectivity index (χ2n) is 5.06. The molecule has 5 nitrogen and oxygen atoms in total. The fraction of sp³-hybridized carbons (Fsp3) is 0.176. The number of anilines is 1. The van der Waals surface area contributed by atoms with Crippen LogP contribution in [0.15, 0.2) is 48.5 Å². The van der Waals surface area contributed by atoms with Gasteiger partial charge in [-0.05, 0) is 35.7 Å². The molecule has 120 valence electrons. The SMILES string of the molecule is NC(=O)Cc1ccccc1NC(=O)NCCc1cccc(F)c1. The van der Waals surface area contributed by atoms with E-state index in [1.807, 2.05) is 0 Å². The molecule has 2 aromatic carbocycles. The number of urea groups is 1. The smallest absolute Gasteiger partial charge is 0.319 e. The van der Waals surface area contributed by atoms with Crippen LogP contribution >= 0.6 is 0 Å². The van der Waals surface area contributed by atoms with Crippen LogP contribution in [0.3, 0.4) is 0 Å². The molecule has 2 rings (SSSR count). The number of hydrogen-bond acceptors (Lipinski definition) is 2. The Morgan fingerprint density at radius 2 is 1.87 bits per heavy atom. The van der Waals surface area contributed by atoms with Crippen molar-refractivity contribution < 1.29 is 14.0 Å². The Morgan fingerprint density at radius 3 is 2.61 bits per heavy atom. The lowest BCUT2D eigenvalue weighted by molar-refractivity contribution is -0.117. The zero-order chi connectivity index (χ0) is 16.7.